The van der Waals surface area contributed by atoms with Crippen molar-refractivity contribution in [3.63, 3.8) is 0 Å². The fraction of sp³-hybridized carbons (Fsp3) is 0.600. The van der Waals surface area contributed by atoms with Crippen LogP contribution in [0.3, 0.4) is 0 Å². The maximum Gasteiger partial charge on any atom is 0.333 e. The summed E-state index contributed by atoms with van der Waals surface area (Å²) in [5, 5.41) is 3.27. The van der Waals surface area contributed by atoms with E-state index in [1.54, 1.807) is 6.92 Å². The van der Waals surface area contributed by atoms with Crippen LogP contribution in [0.25, 0.3) is 10.4 Å². The summed E-state index contributed by atoms with van der Waals surface area (Å²) in [5.41, 5.74) is 8.41. The summed E-state index contributed by atoms with van der Waals surface area (Å²) in [5.74, 6) is -1.03. The lowest BCUT2D eigenvalue weighted by Gasteiger charge is -2.15. The van der Waals surface area contributed by atoms with Gasteiger partial charge in [-0.1, -0.05) is 18.6 Å². The lowest BCUT2D eigenvalue weighted by Crippen LogP contribution is -2.27. The van der Waals surface area contributed by atoms with Gasteiger partial charge in [0.05, 0.1) is 6.54 Å². The van der Waals surface area contributed by atoms with Gasteiger partial charge in [0.15, 0.2) is 0 Å². The highest BCUT2D eigenvalue weighted by Gasteiger charge is 2.15. The highest BCUT2D eigenvalue weighted by molar-refractivity contribution is 5.86. The predicted molar refractivity (Wildman–Crippen MR) is 60.0 cm³/mol. The minimum atomic E-state index is -0.762. The fourth-order valence-corrected chi connectivity index (χ4v) is 0.813. The number of hydrogen-bond donors (Lipinski definition) is 0. The molecule has 0 saturated carbocycles. The average Bonchev–Trinajstić information content (AvgIpc) is 2.31. The number of ether oxygens (including phenoxy) is 2. The molecule has 0 aliphatic carbocycles. The Bertz CT molecular complexity index is 347. The molecule has 0 aliphatic heterocycles. The van der Waals surface area contributed by atoms with Gasteiger partial charge in [-0.15, -0.1) is 0 Å². The molecule has 0 bridgehead atoms. The van der Waals surface area contributed by atoms with E-state index in [1.807, 2.05) is 0 Å². The monoisotopic (exact) mass is 241 g/mol. The van der Waals surface area contributed by atoms with Crippen LogP contribution in [-0.2, 0) is 19.1 Å². The molecule has 1 unspecified atom stereocenters. The van der Waals surface area contributed by atoms with Gasteiger partial charge in [0, 0.05) is 16.9 Å². The first-order valence-corrected chi connectivity index (χ1v) is 5.04. The van der Waals surface area contributed by atoms with Gasteiger partial charge in [0.1, 0.15) is 12.7 Å². The molecular formula is C10H15N3O4. The third-order valence-electron chi connectivity index (χ3n) is 1.68. The zero-order chi connectivity index (χ0) is 13.3. The molecule has 0 heterocycles. The molecule has 0 aliphatic rings. The Kier molecular flexibility index (Phi) is 7.21. The molecule has 17 heavy (non-hydrogen) atoms. The number of nitrogens with zero attached hydrogens (tertiary/aromatic N) is 3. The van der Waals surface area contributed by atoms with E-state index in [2.05, 4.69) is 16.6 Å². The third-order valence-corrected chi connectivity index (χ3v) is 1.68. The largest absolute Gasteiger partial charge is 0.459 e. The van der Waals surface area contributed by atoms with Gasteiger partial charge in [-0.2, -0.15) is 0 Å². The van der Waals surface area contributed by atoms with Crippen LogP contribution in [-0.4, -0.2) is 31.2 Å². The SMILES string of the molecule is C=C(C)C(=O)OCC(CN=[N+]=[N-])OC(=O)CC. The molecular weight excluding hydrogens is 226 g/mol. The molecule has 0 spiro atoms. The zero-order valence-corrected chi connectivity index (χ0v) is 9.88. The number of esters is 2. The van der Waals surface area contributed by atoms with E-state index in [4.69, 9.17) is 15.0 Å². The van der Waals surface area contributed by atoms with Crippen LogP contribution in [0, 0.1) is 0 Å². The van der Waals surface area contributed by atoms with E-state index in [0.717, 1.165) is 0 Å². The first-order valence-electron chi connectivity index (χ1n) is 5.04. The summed E-state index contributed by atoms with van der Waals surface area (Å²) >= 11 is 0. The number of carbonyl (C=O) groups is 2. The lowest BCUT2D eigenvalue weighted by molar-refractivity contribution is -0.156. The van der Waals surface area contributed by atoms with Crippen molar-refractivity contribution in [2.24, 2.45) is 5.11 Å². The smallest absolute Gasteiger partial charge is 0.333 e. The molecule has 0 radical (unpaired) electrons. The number of hydrogen-bond acceptors (Lipinski definition) is 5. The molecule has 7 nitrogen and oxygen atoms in total. The molecule has 1 atom stereocenters. The van der Waals surface area contributed by atoms with Crippen LogP contribution >= 0.6 is 0 Å². The zero-order valence-electron chi connectivity index (χ0n) is 9.88. The van der Waals surface area contributed by atoms with Crippen molar-refractivity contribution in [1.29, 1.82) is 0 Å². The van der Waals surface area contributed by atoms with Crippen LogP contribution in [0.4, 0.5) is 0 Å². The van der Waals surface area contributed by atoms with Gasteiger partial charge in [-0.3, -0.25) is 4.79 Å². The lowest BCUT2D eigenvalue weighted by atomic mass is 10.3. The second-order valence-electron chi connectivity index (χ2n) is 3.26. The molecule has 94 valence electrons. The number of rotatable bonds is 7. The Balaban J connectivity index is 4.27. The average molecular weight is 241 g/mol. The van der Waals surface area contributed by atoms with Crippen molar-refractivity contribution >= 4 is 11.9 Å². The second-order valence-corrected chi connectivity index (χ2v) is 3.26. The van der Waals surface area contributed by atoms with Gasteiger partial charge in [-0.05, 0) is 12.5 Å². The molecule has 0 saturated heterocycles. The Morgan fingerprint density at radius 1 is 1.53 bits per heavy atom. The van der Waals surface area contributed by atoms with Crippen molar-refractivity contribution in [2.75, 3.05) is 13.2 Å². The van der Waals surface area contributed by atoms with E-state index in [-0.39, 0.29) is 25.1 Å². The van der Waals surface area contributed by atoms with E-state index in [0.29, 0.717) is 0 Å². The Morgan fingerprint density at radius 3 is 2.65 bits per heavy atom. The molecule has 0 aromatic rings. The first-order chi connectivity index (χ1) is 8.01. The normalized spacial score (nSPS) is 10.9. The Morgan fingerprint density at radius 2 is 2.18 bits per heavy atom. The maximum atomic E-state index is 11.1. The molecule has 0 amide bonds. The van der Waals surface area contributed by atoms with Crippen molar-refractivity contribution < 1.29 is 19.1 Å². The van der Waals surface area contributed by atoms with Crippen LogP contribution in [0.2, 0.25) is 0 Å². The fourth-order valence-electron chi connectivity index (χ4n) is 0.813. The van der Waals surface area contributed by atoms with Crippen LogP contribution < -0.4 is 0 Å². The van der Waals surface area contributed by atoms with Crippen molar-refractivity contribution in [2.45, 2.75) is 26.4 Å². The van der Waals surface area contributed by atoms with Gasteiger partial charge in [-0.25, -0.2) is 4.79 Å². The van der Waals surface area contributed by atoms with Crippen LogP contribution in [0.1, 0.15) is 20.3 Å². The summed E-state index contributed by atoms with van der Waals surface area (Å²) < 4.78 is 9.73. The van der Waals surface area contributed by atoms with Gasteiger partial charge < -0.3 is 9.47 Å². The van der Waals surface area contributed by atoms with Crippen molar-refractivity contribution in [3.8, 4) is 0 Å². The van der Waals surface area contributed by atoms with Gasteiger partial charge in [0.25, 0.3) is 0 Å². The second kappa shape index (κ2) is 8.18. The first kappa shape index (κ1) is 15.0. The van der Waals surface area contributed by atoms with Crippen LogP contribution in [0.15, 0.2) is 17.3 Å². The van der Waals surface area contributed by atoms with E-state index in [9.17, 15) is 9.59 Å². The highest BCUT2D eigenvalue weighted by Crippen LogP contribution is 2.01. The molecule has 0 aromatic carbocycles. The minimum absolute atomic E-state index is 0.0777. The molecule has 0 N–H and O–H groups in total. The standard InChI is InChI=1S/C10H15N3O4/c1-4-9(14)17-8(5-12-13-11)6-16-10(15)7(2)3/h8H,2,4-6H2,1,3H3. The van der Waals surface area contributed by atoms with Gasteiger partial charge in [0.2, 0.25) is 0 Å². The summed E-state index contributed by atoms with van der Waals surface area (Å²) in [6.45, 7) is 6.31. The third kappa shape index (κ3) is 6.97. The Labute approximate surface area is 99.0 Å². The van der Waals surface area contributed by atoms with E-state index in [1.165, 1.54) is 6.92 Å². The topological polar surface area (TPSA) is 101 Å². The van der Waals surface area contributed by atoms with E-state index >= 15 is 0 Å². The summed E-state index contributed by atoms with van der Waals surface area (Å²) in [6.07, 6.45) is -0.567. The molecule has 0 rings (SSSR count). The summed E-state index contributed by atoms with van der Waals surface area (Å²) in [7, 11) is 0. The molecule has 0 aromatic heterocycles. The molecule has 7 heteroatoms. The quantitative estimate of drug-likeness (QED) is 0.222. The number of azide groups is 1. The molecule has 0 fully saturated rings. The van der Waals surface area contributed by atoms with E-state index < -0.39 is 18.0 Å². The van der Waals surface area contributed by atoms with Crippen LogP contribution in [0.5, 0.6) is 0 Å². The van der Waals surface area contributed by atoms with Crippen molar-refractivity contribution in [3.05, 3.63) is 22.6 Å². The minimum Gasteiger partial charge on any atom is -0.459 e. The van der Waals surface area contributed by atoms with Gasteiger partial charge >= 0.3 is 11.9 Å². The maximum absolute atomic E-state index is 11.1. The predicted octanol–water partition coefficient (Wildman–Crippen LogP) is 1.74. The van der Waals surface area contributed by atoms with Crippen molar-refractivity contribution in [1.82, 2.24) is 0 Å². The summed E-state index contributed by atoms with van der Waals surface area (Å²) in [4.78, 5) is 24.7. The summed E-state index contributed by atoms with van der Waals surface area (Å²) in [6, 6.07) is 0. The highest BCUT2D eigenvalue weighted by atomic mass is 16.6. The number of carbonyl (C=O) groups excluding carboxylic acids is 2. The Hall–Kier alpha value is -2.01.